The molecule has 0 fully saturated rings. The van der Waals surface area contributed by atoms with E-state index in [1.807, 2.05) is 6.92 Å². The normalized spacial score (nSPS) is 14.6. The molecule has 0 aliphatic heterocycles. The SMILES string of the molecule is CCC(N)CCCS(=O)c1ccc(F)c(Cl)c1. The lowest BCUT2D eigenvalue weighted by atomic mass is 10.1. The second kappa shape index (κ2) is 7.09. The lowest BCUT2D eigenvalue weighted by molar-refractivity contribution is 0.586. The third-order valence-corrected chi connectivity index (χ3v) is 4.31. The van der Waals surface area contributed by atoms with E-state index in [4.69, 9.17) is 17.3 Å². The molecular formula is C12H17ClFNOS. The van der Waals surface area contributed by atoms with Gasteiger partial charge in [0.15, 0.2) is 0 Å². The zero-order chi connectivity index (χ0) is 12.8. The van der Waals surface area contributed by atoms with Gasteiger partial charge in [-0.15, -0.1) is 0 Å². The first-order valence-corrected chi connectivity index (χ1v) is 7.33. The molecule has 0 bridgehead atoms. The third-order valence-electron chi connectivity index (χ3n) is 2.58. The topological polar surface area (TPSA) is 43.1 Å². The van der Waals surface area contributed by atoms with Crippen molar-refractivity contribution in [1.82, 2.24) is 0 Å². The number of rotatable bonds is 6. The van der Waals surface area contributed by atoms with Crippen molar-refractivity contribution < 1.29 is 8.60 Å². The Hall–Kier alpha value is -0.450. The first-order chi connectivity index (χ1) is 8.04. The monoisotopic (exact) mass is 277 g/mol. The highest BCUT2D eigenvalue weighted by atomic mass is 35.5. The second-order valence-corrected chi connectivity index (χ2v) is 5.91. The van der Waals surface area contributed by atoms with Crippen molar-refractivity contribution in [2.45, 2.75) is 37.1 Å². The Morgan fingerprint density at radius 2 is 2.24 bits per heavy atom. The molecule has 0 aliphatic carbocycles. The highest BCUT2D eigenvalue weighted by Gasteiger charge is 2.08. The van der Waals surface area contributed by atoms with Gasteiger partial charge in [0.1, 0.15) is 5.82 Å². The van der Waals surface area contributed by atoms with Gasteiger partial charge in [0.2, 0.25) is 0 Å². The number of hydrogen-bond acceptors (Lipinski definition) is 2. The fraction of sp³-hybridized carbons (Fsp3) is 0.500. The standard InChI is InChI=1S/C12H17ClFNOS/c1-2-9(15)4-3-7-17(16)10-5-6-12(14)11(13)8-10/h5-6,8-9H,2-4,7,15H2,1H3. The molecule has 5 heteroatoms. The molecule has 2 N–H and O–H groups in total. The Morgan fingerprint density at radius 3 is 2.82 bits per heavy atom. The minimum absolute atomic E-state index is 0.0149. The maximum atomic E-state index is 12.9. The molecule has 2 atom stereocenters. The van der Waals surface area contributed by atoms with E-state index in [-0.39, 0.29) is 11.1 Å². The van der Waals surface area contributed by atoms with Crippen LogP contribution in [0.3, 0.4) is 0 Å². The summed E-state index contributed by atoms with van der Waals surface area (Å²) in [5.41, 5.74) is 5.77. The highest BCUT2D eigenvalue weighted by Crippen LogP contribution is 2.19. The smallest absolute Gasteiger partial charge is 0.141 e. The molecule has 2 unspecified atom stereocenters. The van der Waals surface area contributed by atoms with Gasteiger partial charge in [0.05, 0.1) is 15.8 Å². The average molecular weight is 278 g/mol. The number of nitrogens with two attached hydrogens (primary N) is 1. The Kier molecular flexibility index (Phi) is 6.09. The molecule has 0 amide bonds. The van der Waals surface area contributed by atoms with Crippen LogP contribution in [0.4, 0.5) is 4.39 Å². The summed E-state index contributed by atoms with van der Waals surface area (Å²) in [5, 5.41) is 0.0149. The van der Waals surface area contributed by atoms with E-state index in [1.165, 1.54) is 18.2 Å². The first-order valence-electron chi connectivity index (χ1n) is 5.63. The summed E-state index contributed by atoms with van der Waals surface area (Å²) in [7, 11) is -1.13. The molecule has 1 aromatic carbocycles. The van der Waals surface area contributed by atoms with Gasteiger partial charge in [0.25, 0.3) is 0 Å². The van der Waals surface area contributed by atoms with Crippen LogP contribution in [0.15, 0.2) is 23.1 Å². The van der Waals surface area contributed by atoms with E-state index >= 15 is 0 Å². The Bertz CT molecular complexity index is 400. The molecule has 0 heterocycles. The summed E-state index contributed by atoms with van der Waals surface area (Å²) >= 11 is 5.64. The molecule has 0 aliphatic rings. The molecule has 0 aromatic heterocycles. The van der Waals surface area contributed by atoms with Crippen molar-refractivity contribution in [2.24, 2.45) is 5.73 Å². The van der Waals surface area contributed by atoms with Gasteiger partial charge < -0.3 is 5.73 Å². The molecule has 1 aromatic rings. The van der Waals surface area contributed by atoms with Gasteiger partial charge in [-0.1, -0.05) is 18.5 Å². The van der Waals surface area contributed by atoms with Crippen LogP contribution in [0.25, 0.3) is 0 Å². The van der Waals surface area contributed by atoms with Gasteiger partial charge in [-0.3, -0.25) is 4.21 Å². The molecule has 1 rings (SSSR count). The van der Waals surface area contributed by atoms with Crippen molar-refractivity contribution >= 4 is 22.4 Å². The second-order valence-electron chi connectivity index (χ2n) is 3.94. The van der Waals surface area contributed by atoms with Crippen molar-refractivity contribution in [2.75, 3.05) is 5.75 Å². The quantitative estimate of drug-likeness (QED) is 0.868. The minimum Gasteiger partial charge on any atom is -0.328 e. The molecule has 0 saturated carbocycles. The van der Waals surface area contributed by atoms with E-state index in [0.717, 1.165) is 19.3 Å². The summed E-state index contributed by atoms with van der Waals surface area (Å²) in [6, 6.07) is 4.35. The Balaban J connectivity index is 2.50. The summed E-state index contributed by atoms with van der Waals surface area (Å²) in [6.45, 7) is 2.03. The summed E-state index contributed by atoms with van der Waals surface area (Å²) in [5.74, 6) is 0.0516. The molecule has 2 nitrogen and oxygen atoms in total. The van der Waals surface area contributed by atoms with Crippen LogP contribution in [0.1, 0.15) is 26.2 Å². The van der Waals surface area contributed by atoms with Crippen LogP contribution in [-0.2, 0) is 10.8 Å². The van der Waals surface area contributed by atoms with Gasteiger partial charge >= 0.3 is 0 Å². The van der Waals surface area contributed by atoms with Crippen LogP contribution < -0.4 is 5.73 Å². The van der Waals surface area contributed by atoms with E-state index < -0.39 is 16.6 Å². The summed E-state index contributed by atoms with van der Waals surface area (Å²) in [4.78, 5) is 0.571. The van der Waals surface area contributed by atoms with Crippen molar-refractivity contribution in [3.05, 3.63) is 29.0 Å². The molecule has 0 saturated heterocycles. The van der Waals surface area contributed by atoms with E-state index in [2.05, 4.69) is 0 Å². The molecule has 0 radical (unpaired) electrons. The predicted octanol–water partition coefficient (Wildman–Crippen LogP) is 3.10. The fourth-order valence-electron chi connectivity index (χ4n) is 1.42. The highest BCUT2D eigenvalue weighted by molar-refractivity contribution is 7.85. The predicted molar refractivity (Wildman–Crippen MR) is 70.2 cm³/mol. The van der Waals surface area contributed by atoms with Gasteiger partial charge in [-0.25, -0.2) is 4.39 Å². The maximum absolute atomic E-state index is 12.9. The number of halogens is 2. The Labute approximate surface area is 109 Å². The van der Waals surface area contributed by atoms with Crippen LogP contribution in [0.5, 0.6) is 0 Å². The summed E-state index contributed by atoms with van der Waals surface area (Å²) < 4.78 is 24.8. The zero-order valence-electron chi connectivity index (χ0n) is 9.79. The molecule has 0 spiro atoms. The third kappa shape index (κ3) is 4.74. The number of hydrogen-bond donors (Lipinski definition) is 1. The molecule has 96 valence electrons. The van der Waals surface area contributed by atoms with E-state index in [1.54, 1.807) is 0 Å². The van der Waals surface area contributed by atoms with Crippen molar-refractivity contribution in [1.29, 1.82) is 0 Å². The lowest BCUT2D eigenvalue weighted by Crippen LogP contribution is -2.19. The van der Waals surface area contributed by atoms with Gasteiger partial charge in [0, 0.05) is 16.7 Å². The van der Waals surface area contributed by atoms with E-state index in [9.17, 15) is 8.60 Å². The summed E-state index contributed by atoms with van der Waals surface area (Å²) in [6.07, 6.45) is 2.59. The lowest BCUT2D eigenvalue weighted by Gasteiger charge is -2.08. The van der Waals surface area contributed by atoms with Gasteiger partial charge in [-0.2, -0.15) is 0 Å². The molecular weight excluding hydrogens is 261 g/mol. The molecule has 17 heavy (non-hydrogen) atoms. The van der Waals surface area contributed by atoms with Crippen molar-refractivity contribution in [3.63, 3.8) is 0 Å². The van der Waals surface area contributed by atoms with Crippen LogP contribution >= 0.6 is 11.6 Å². The van der Waals surface area contributed by atoms with Crippen LogP contribution in [0.2, 0.25) is 5.02 Å². The largest absolute Gasteiger partial charge is 0.328 e. The average Bonchev–Trinajstić information content (AvgIpc) is 2.32. The minimum atomic E-state index is -1.13. The van der Waals surface area contributed by atoms with Crippen LogP contribution in [-0.4, -0.2) is 16.0 Å². The Morgan fingerprint density at radius 1 is 1.53 bits per heavy atom. The number of benzene rings is 1. The van der Waals surface area contributed by atoms with Crippen molar-refractivity contribution in [3.8, 4) is 0 Å². The van der Waals surface area contributed by atoms with E-state index in [0.29, 0.717) is 10.6 Å². The zero-order valence-corrected chi connectivity index (χ0v) is 11.4. The van der Waals surface area contributed by atoms with Crippen LogP contribution in [0, 0.1) is 5.82 Å². The van der Waals surface area contributed by atoms with Gasteiger partial charge in [-0.05, 0) is 37.5 Å². The first kappa shape index (κ1) is 14.6. The fourth-order valence-corrected chi connectivity index (χ4v) is 2.80. The maximum Gasteiger partial charge on any atom is 0.141 e.